The fourth-order valence-electron chi connectivity index (χ4n) is 3.64. The van der Waals surface area contributed by atoms with E-state index in [4.69, 9.17) is 5.11 Å². The van der Waals surface area contributed by atoms with E-state index < -0.39 is 5.97 Å². The first kappa shape index (κ1) is 15.6. The number of para-hydroxylation sites is 1. The maximum atomic E-state index is 12.2. The number of anilines is 1. The minimum atomic E-state index is -0.945. The van der Waals surface area contributed by atoms with E-state index in [2.05, 4.69) is 17.5 Å². The molecule has 1 fully saturated rings. The summed E-state index contributed by atoms with van der Waals surface area (Å²) < 4.78 is 0. The first-order chi connectivity index (χ1) is 11.1. The Hall–Kier alpha value is -2.30. The van der Waals surface area contributed by atoms with Gasteiger partial charge < -0.3 is 15.3 Å². The van der Waals surface area contributed by atoms with Gasteiger partial charge in [0.1, 0.15) is 6.54 Å². The van der Waals surface area contributed by atoms with Crippen LogP contribution in [0.15, 0.2) is 42.5 Å². The van der Waals surface area contributed by atoms with Crippen LogP contribution in [0.3, 0.4) is 0 Å². The summed E-state index contributed by atoms with van der Waals surface area (Å²) in [5.74, 6) is 0.750. The van der Waals surface area contributed by atoms with Gasteiger partial charge in [-0.05, 0) is 42.7 Å². The first-order valence-electron chi connectivity index (χ1n) is 8.08. The monoisotopic (exact) mass is 314 g/mol. The maximum Gasteiger partial charge on any atom is 0.323 e. The minimum Gasteiger partial charge on any atom is -0.480 e. The van der Waals surface area contributed by atoms with Crippen molar-refractivity contribution >= 4 is 17.6 Å². The third-order valence-electron chi connectivity index (χ3n) is 4.76. The van der Waals surface area contributed by atoms with Crippen molar-refractivity contribution in [2.45, 2.75) is 12.8 Å². The zero-order valence-electron chi connectivity index (χ0n) is 13.0. The van der Waals surface area contributed by atoms with Gasteiger partial charge in [-0.25, -0.2) is 0 Å². The number of benzene rings is 1. The fourth-order valence-corrected chi connectivity index (χ4v) is 3.64. The highest BCUT2D eigenvalue weighted by Gasteiger charge is 2.35. The predicted molar refractivity (Wildman–Crippen MR) is 88.1 cm³/mol. The number of hydrogen-bond donors (Lipinski definition) is 2. The summed E-state index contributed by atoms with van der Waals surface area (Å²) in [6, 6.07) is 9.17. The molecule has 0 aliphatic heterocycles. The smallest absolute Gasteiger partial charge is 0.323 e. The van der Waals surface area contributed by atoms with Crippen LogP contribution in [0.1, 0.15) is 12.8 Å². The topological polar surface area (TPSA) is 69.6 Å². The first-order valence-corrected chi connectivity index (χ1v) is 8.08. The lowest BCUT2D eigenvalue weighted by atomic mass is 9.94. The van der Waals surface area contributed by atoms with E-state index in [-0.39, 0.29) is 19.0 Å². The standard InChI is InChI=1S/C18H22N2O3/c21-17(19-10-15-9-13-6-7-14(15)8-13)11-20(12-18(22)23)16-4-2-1-3-5-16/h1-7,13-15H,8-12H2,(H,19,21)(H,22,23)/t13-,14-,15-/m0/s1. The van der Waals surface area contributed by atoms with Crippen molar-refractivity contribution in [3.05, 3.63) is 42.5 Å². The van der Waals surface area contributed by atoms with Gasteiger partial charge in [0.05, 0.1) is 6.54 Å². The van der Waals surface area contributed by atoms with Crippen molar-refractivity contribution in [3.8, 4) is 0 Å². The van der Waals surface area contributed by atoms with Crippen LogP contribution < -0.4 is 10.2 Å². The number of amides is 1. The molecule has 1 saturated carbocycles. The molecule has 0 unspecified atom stereocenters. The van der Waals surface area contributed by atoms with Gasteiger partial charge in [0.25, 0.3) is 0 Å². The Morgan fingerprint density at radius 2 is 1.91 bits per heavy atom. The molecule has 0 spiro atoms. The SMILES string of the molecule is O=C(O)CN(CC(=O)NC[C@@H]1C[C@H]2C=C[C@H]1C2)c1ccccc1. The van der Waals surface area contributed by atoms with E-state index in [1.54, 1.807) is 4.90 Å². The van der Waals surface area contributed by atoms with Crippen molar-refractivity contribution in [2.24, 2.45) is 17.8 Å². The molecule has 5 heteroatoms. The zero-order chi connectivity index (χ0) is 16.2. The average Bonchev–Trinajstić information content (AvgIpc) is 3.15. The predicted octanol–water partition coefficient (Wildman–Crippen LogP) is 1.91. The molecule has 0 heterocycles. The molecule has 2 aliphatic rings. The maximum absolute atomic E-state index is 12.2. The Bertz CT molecular complexity index is 600. The highest BCUT2D eigenvalue weighted by Crippen LogP contribution is 2.42. The lowest BCUT2D eigenvalue weighted by Gasteiger charge is -2.23. The Labute approximate surface area is 136 Å². The summed E-state index contributed by atoms with van der Waals surface area (Å²) in [5.41, 5.74) is 0.743. The number of allylic oxidation sites excluding steroid dienone is 2. The van der Waals surface area contributed by atoms with Crippen LogP contribution in [-0.4, -0.2) is 36.6 Å². The van der Waals surface area contributed by atoms with Crippen LogP contribution in [0.4, 0.5) is 5.69 Å². The van der Waals surface area contributed by atoms with Gasteiger partial charge in [0, 0.05) is 12.2 Å². The number of aliphatic carboxylic acids is 1. The molecule has 0 saturated heterocycles. The zero-order valence-corrected chi connectivity index (χ0v) is 13.0. The molecule has 23 heavy (non-hydrogen) atoms. The minimum absolute atomic E-state index is 0.0625. The molecule has 122 valence electrons. The van der Waals surface area contributed by atoms with E-state index in [9.17, 15) is 9.59 Å². The van der Waals surface area contributed by atoms with Crippen molar-refractivity contribution in [1.29, 1.82) is 0 Å². The second kappa shape index (κ2) is 6.86. The highest BCUT2D eigenvalue weighted by atomic mass is 16.4. The average molecular weight is 314 g/mol. The van der Waals surface area contributed by atoms with Gasteiger partial charge in [-0.2, -0.15) is 0 Å². The molecule has 1 amide bonds. The normalized spacial score (nSPS) is 24.6. The van der Waals surface area contributed by atoms with Crippen molar-refractivity contribution < 1.29 is 14.7 Å². The van der Waals surface area contributed by atoms with Crippen LogP contribution in [0.2, 0.25) is 0 Å². The summed E-state index contributed by atoms with van der Waals surface area (Å²) in [4.78, 5) is 24.8. The van der Waals surface area contributed by atoms with E-state index in [0.29, 0.717) is 24.3 Å². The molecular formula is C18H22N2O3. The molecule has 3 atom stereocenters. The Kier molecular flexibility index (Phi) is 4.65. The second-order valence-electron chi connectivity index (χ2n) is 6.43. The van der Waals surface area contributed by atoms with Gasteiger partial charge in [-0.3, -0.25) is 9.59 Å². The van der Waals surface area contributed by atoms with Crippen LogP contribution in [0.5, 0.6) is 0 Å². The largest absolute Gasteiger partial charge is 0.480 e. The molecule has 2 aliphatic carbocycles. The Morgan fingerprint density at radius 3 is 2.52 bits per heavy atom. The number of fused-ring (bicyclic) bond motifs is 2. The molecule has 1 aromatic carbocycles. The molecular weight excluding hydrogens is 292 g/mol. The molecule has 5 nitrogen and oxygen atoms in total. The van der Waals surface area contributed by atoms with Crippen molar-refractivity contribution in [2.75, 3.05) is 24.5 Å². The Morgan fingerprint density at radius 1 is 1.13 bits per heavy atom. The molecule has 2 bridgehead atoms. The highest BCUT2D eigenvalue weighted by molar-refractivity contribution is 5.84. The van der Waals surface area contributed by atoms with E-state index in [1.807, 2.05) is 30.3 Å². The second-order valence-corrected chi connectivity index (χ2v) is 6.43. The van der Waals surface area contributed by atoms with Crippen LogP contribution in [0, 0.1) is 17.8 Å². The van der Waals surface area contributed by atoms with E-state index in [0.717, 1.165) is 12.1 Å². The molecule has 0 aromatic heterocycles. The number of carbonyl (C=O) groups is 2. The molecule has 2 N–H and O–H groups in total. The number of carbonyl (C=O) groups excluding carboxylic acids is 1. The fraction of sp³-hybridized carbons (Fsp3) is 0.444. The number of rotatable bonds is 7. The van der Waals surface area contributed by atoms with Gasteiger partial charge in [-0.15, -0.1) is 0 Å². The third kappa shape index (κ3) is 3.92. The quantitative estimate of drug-likeness (QED) is 0.754. The summed E-state index contributed by atoms with van der Waals surface area (Å²) in [6.07, 6.45) is 6.92. The van der Waals surface area contributed by atoms with Gasteiger partial charge in [0.2, 0.25) is 5.91 Å². The third-order valence-corrected chi connectivity index (χ3v) is 4.76. The van der Waals surface area contributed by atoms with Crippen molar-refractivity contribution in [3.63, 3.8) is 0 Å². The molecule has 0 radical (unpaired) electrons. The van der Waals surface area contributed by atoms with E-state index in [1.165, 1.54) is 6.42 Å². The van der Waals surface area contributed by atoms with Gasteiger partial charge in [-0.1, -0.05) is 30.4 Å². The number of hydrogen-bond acceptors (Lipinski definition) is 3. The van der Waals surface area contributed by atoms with Crippen LogP contribution >= 0.6 is 0 Å². The van der Waals surface area contributed by atoms with Crippen LogP contribution in [-0.2, 0) is 9.59 Å². The number of nitrogens with zero attached hydrogens (tertiary/aromatic N) is 1. The molecule has 1 aromatic rings. The van der Waals surface area contributed by atoms with Gasteiger partial charge >= 0.3 is 5.97 Å². The van der Waals surface area contributed by atoms with Gasteiger partial charge in [0.15, 0.2) is 0 Å². The van der Waals surface area contributed by atoms with E-state index >= 15 is 0 Å². The number of nitrogens with one attached hydrogen (secondary N) is 1. The van der Waals surface area contributed by atoms with Crippen molar-refractivity contribution in [1.82, 2.24) is 5.32 Å². The number of carboxylic acid groups (broad SMARTS) is 1. The Balaban J connectivity index is 1.53. The summed E-state index contributed by atoms with van der Waals surface area (Å²) >= 11 is 0. The lowest BCUT2D eigenvalue weighted by Crippen LogP contribution is -2.41. The summed E-state index contributed by atoms with van der Waals surface area (Å²) in [7, 11) is 0. The summed E-state index contributed by atoms with van der Waals surface area (Å²) in [5, 5.41) is 12.0. The molecule has 3 rings (SSSR count). The number of carboxylic acids is 1. The lowest BCUT2D eigenvalue weighted by molar-refractivity contribution is -0.135. The summed E-state index contributed by atoms with van der Waals surface area (Å²) in [6.45, 7) is 0.557. The van der Waals surface area contributed by atoms with Crippen LogP contribution in [0.25, 0.3) is 0 Å².